The van der Waals surface area contributed by atoms with Gasteiger partial charge in [-0.05, 0) is 24.5 Å². The number of nitrogens with zero attached hydrogens (tertiary/aromatic N) is 1. The van der Waals surface area contributed by atoms with Crippen molar-refractivity contribution in [1.82, 2.24) is 10.2 Å². The molecule has 1 atom stereocenters. The lowest BCUT2D eigenvalue weighted by molar-refractivity contribution is -0.141. The Morgan fingerprint density at radius 3 is 2.44 bits per heavy atom. The number of likely N-dealkylation sites (N-methyl/N-ethyl adjacent to an activating group) is 1. The van der Waals surface area contributed by atoms with E-state index < -0.39 is 6.04 Å². The van der Waals surface area contributed by atoms with E-state index in [9.17, 15) is 14.4 Å². The number of rotatable bonds is 8. The van der Waals surface area contributed by atoms with E-state index in [0.29, 0.717) is 23.6 Å². The Bertz CT molecular complexity index is 619. The number of hydrogen-bond acceptors (Lipinski definition) is 4. The third kappa shape index (κ3) is 6.38. The van der Waals surface area contributed by atoms with Crippen LogP contribution in [-0.2, 0) is 14.3 Å². The first-order chi connectivity index (χ1) is 11.8. The maximum absolute atomic E-state index is 12.6. The summed E-state index contributed by atoms with van der Waals surface area (Å²) in [6.45, 7) is 4.12. The van der Waals surface area contributed by atoms with Crippen molar-refractivity contribution in [3.63, 3.8) is 0 Å². The van der Waals surface area contributed by atoms with Crippen LogP contribution in [0.2, 0.25) is 5.02 Å². The summed E-state index contributed by atoms with van der Waals surface area (Å²) in [4.78, 5) is 37.7. The second-order valence-corrected chi connectivity index (χ2v) is 6.52. The Labute approximate surface area is 153 Å². The van der Waals surface area contributed by atoms with Crippen LogP contribution < -0.4 is 5.32 Å². The molecule has 0 radical (unpaired) electrons. The lowest BCUT2D eigenvalue weighted by atomic mass is 10.0. The van der Waals surface area contributed by atoms with Crippen molar-refractivity contribution >= 4 is 29.4 Å². The van der Waals surface area contributed by atoms with Crippen molar-refractivity contribution in [1.29, 1.82) is 0 Å². The van der Waals surface area contributed by atoms with Gasteiger partial charge in [-0.15, -0.1) is 0 Å². The molecule has 0 fully saturated rings. The smallest absolute Gasteiger partial charge is 0.305 e. The maximum Gasteiger partial charge on any atom is 0.305 e. The highest BCUT2D eigenvalue weighted by Gasteiger charge is 2.27. The molecule has 0 bridgehead atoms. The molecule has 1 rings (SSSR count). The van der Waals surface area contributed by atoms with Gasteiger partial charge >= 0.3 is 5.97 Å². The van der Waals surface area contributed by atoms with E-state index in [1.54, 1.807) is 31.3 Å². The molecular weight excluding hydrogens is 344 g/mol. The van der Waals surface area contributed by atoms with Crippen LogP contribution in [-0.4, -0.2) is 49.4 Å². The summed E-state index contributed by atoms with van der Waals surface area (Å²) in [6.07, 6.45) is 0.741. The van der Waals surface area contributed by atoms with Gasteiger partial charge in [0.15, 0.2) is 0 Å². The number of halogens is 1. The van der Waals surface area contributed by atoms with E-state index in [0.717, 1.165) is 0 Å². The Morgan fingerprint density at radius 1 is 1.24 bits per heavy atom. The van der Waals surface area contributed by atoms with E-state index in [4.69, 9.17) is 11.6 Å². The lowest BCUT2D eigenvalue weighted by Crippen LogP contribution is -2.50. The van der Waals surface area contributed by atoms with E-state index in [2.05, 4.69) is 10.1 Å². The number of methoxy groups -OCH3 is 1. The molecule has 1 aromatic rings. The number of benzene rings is 1. The first-order valence-electron chi connectivity index (χ1n) is 8.15. The van der Waals surface area contributed by atoms with Gasteiger partial charge in [0.05, 0.1) is 17.7 Å². The van der Waals surface area contributed by atoms with Crippen LogP contribution in [0.25, 0.3) is 0 Å². The van der Waals surface area contributed by atoms with E-state index >= 15 is 0 Å². The zero-order valence-electron chi connectivity index (χ0n) is 15.0. The highest BCUT2D eigenvalue weighted by Crippen LogP contribution is 2.16. The van der Waals surface area contributed by atoms with E-state index in [-0.39, 0.29) is 30.1 Å². The van der Waals surface area contributed by atoms with Crippen LogP contribution in [0.15, 0.2) is 24.3 Å². The summed E-state index contributed by atoms with van der Waals surface area (Å²) in [5.74, 6) is -1.00. The van der Waals surface area contributed by atoms with Gasteiger partial charge in [-0.3, -0.25) is 14.4 Å². The van der Waals surface area contributed by atoms with Gasteiger partial charge in [0, 0.05) is 20.0 Å². The largest absolute Gasteiger partial charge is 0.469 e. The van der Waals surface area contributed by atoms with Crippen LogP contribution in [0, 0.1) is 5.92 Å². The summed E-state index contributed by atoms with van der Waals surface area (Å²) in [5, 5.41) is 3.09. The second-order valence-electron chi connectivity index (χ2n) is 6.11. The van der Waals surface area contributed by atoms with Gasteiger partial charge in [0.25, 0.3) is 5.91 Å². The van der Waals surface area contributed by atoms with Crippen LogP contribution in [0.4, 0.5) is 0 Å². The van der Waals surface area contributed by atoms with Crippen molar-refractivity contribution in [3.8, 4) is 0 Å². The number of nitrogens with one attached hydrogen (secondary N) is 1. The molecule has 0 saturated carbocycles. The molecule has 0 spiro atoms. The molecule has 0 aliphatic carbocycles. The van der Waals surface area contributed by atoms with E-state index in [1.807, 2.05) is 13.8 Å². The minimum atomic E-state index is -0.674. The SMILES string of the molecule is COC(=O)CCCN(C)C(=O)C(NC(=O)c1ccccc1Cl)C(C)C. The summed E-state index contributed by atoms with van der Waals surface area (Å²) in [6, 6.07) is 6.01. The molecule has 6 nitrogen and oxygen atoms in total. The summed E-state index contributed by atoms with van der Waals surface area (Å²) >= 11 is 6.04. The van der Waals surface area contributed by atoms with Crippen molar-refractivity contribution in [2.24, 2.45) is 5.92 Å². The molecule has 2 amide bonds. The summed E-state index contributed by atoms with van der Waals surface area (Å²) in [7, 11) is 2.98. The first-order valence-corrected chi connectivity index (χ1v) is 8.53. The minimum absolute atomic E-state index is 0.0954. The molecule has 7 heteroatoms. The molecule has 0 aliphatic heterocycles. The van der Waals surface area contributed by atoms with Gasteiger partial charge in [-0.2, -0.15) is 0 Å². The highest BCUT2D eigenvalue weighted by molar-refractivity contribution is 6.33. The van der Waals surface area contributed by atoms with Crippen LogP contribution >= 0.6 is 11.6 Å². The number of ether oxygens (including phenoxy) is 1. The molecule has 1 unspecified atom stereocenters. The molecule has 0 aliphatic rings. The number of hydrogen-bond donors (Lipinski definition) is 1. The van der Waals surface area contributed by atoms with Crippen LogP contribution in [0.1, 0.15) is 37.0 Å². The van der Waals surface area contributed by atoms with Gasteiger partial charge < -0.3 is 15.0 Å². The Kier molecular flexibility index (Phi) is 8.41. The van der Waals surface area contributed by atoms with Crippen molar-refractivity contribution in [2.45, 2.75) is 32.7 Å². The summed E-state index contributed by atoms with van der Waals surface area (Å²) in [5.41, 5.74) is 0.330. The van der Waals surface area contributed by atoms with Crippen LogP contribution in [0.3, 0.4) is 0 Å². The molecule has 25 heavy (non-hydrogen) atoms. The van der Waals surface area contributed by atoms with Crippen molar-refractivity contribution in [3.05, 3.63) is 34.9 Å². The van der Waals surface area contributed by atoms with E-state index in [1.165, 1.54) is 12.0 Å². The van der Waals surface area contributed by atoms with Gasteiger partial charge in [0.2, 0.25) is 5.91 Å². The normalized spacial score (nSPS) is 11.8. The zero-order chi connectivity index (χ0) is 19.0. The highest BCUT2D eigenvalue weighted by atomic mass is 35.5. The zero-order valence-corrected chi connectivity index (χ0v) is 15.8. The summed E-state index contributed by atoms with van der Waals surface area (Å²) < 4.78 is 4.58. The quantitative estimate of drug-likeness (QED) is 0.715. The number of esters is 1. The van der Waals surface area contributed by atoms with Crippen molar-refractivity contribution < 1.29 is 19.1 Å². The van der Waals surface area contributed by atoms with Crippen LogP contribution in [0.5, 0.6) is 0 Å². The molecule has 0 heterocycles. The number of carbonyl (C=O) groups is 3. The monoisotopic (exact) mass is 368 g/mol. The molecule has 1 N–H and O–H groups in total. The van der Waals surface area contributed by atoms with Crippen molar-refractivity contribution in [2.75, 3.05) is 20.7 Å². The van der Waals surface area contributed by atoms with Gasteiger partial charge in [-0.1, -0.05) is 37.6 Å². The molecule has 0 aromatic heterocycles. The molecule has 1 aromatic carbocycles. The number of amides is 2. The predicted octanol–water partition coefficient (Wildman–Crippen LogP) is 2.51. The fraction of sp³-hybridized carbons (Fsp3) is 0.500. The Morgan fingerprint density at radius 2 is 1.88 bits per heavy atom. The average Bonchev–Trinajstić information content (AvgIpc) is 2.58. The standard InChI is InChI=1S/C18H25ClN2O4/c1-12(2)16(18(24)21(3)11-7-10-15(22)25-4)20-17(23)13-8-5-6-9-14(13)19/h5-6,8-9,12,16H,7,10-11H2,1-4H3,(H,20,23). The van der Waals surface area contributed by atoms with Gasteiger partial charge in [0.1, 0.15) is 6.04 Å². The molecular formula is C18H25ClN2O4. The second kappa shape index (κ2) is 10.0. The fourth-order valence-electron chi connectivity index (χ4n) is 2.29. The molecule has 138 valence electrons. The Balaban J connectivity index is 2.72. The van der Waals surface area contributed by atoms with Gasteiger partial charge in [-0.25, -0.2) is 0 Å². The average molecular weight is 369 g/mol. The predicted molar refractivity (Wildman–Crippen MR) is 96.4 cm³/mol. The maximum atomic E-state index is 12.6. The Hall–Kier alpha value is -2.08. The number of carbonyl (C=O) groups excluding carboxylic acids is 3. The fourth-order valence-corrected chi connectivity index (χ4v) is 2.51. The lowest BCUT2D eigenvalue weighted by Gasteiger charge is -2.27. The third-order valence-corrected chi connectivity index (χ3v) is 4.15. The first kappa shape index (κ1) is 21.0. The third-order valence-electron chi connectivity index (χ3n) is 3.82. The molecule has 0 saturated heterocycles. The topological polar surface area (TPSA) is 75.7 Å². The minimum Gasteiger partial charge on any atom is -0.469 e.